The highest BCUT2D eigenvalue weighted by molar-refractivity contribution is 5.75. The summed E-state index contributed by atoms with van der Waals surface area (Å²) in [6.07, 6.45) is 4.35. The van der Waals surface area contributed by atoms with Crippen LogP contribution >= 0.6 is 0 Å². The van der Waals surface area contributed by atoms with Crippen LogP contribution in [-0.4, -0.2) is 30.9 Å². The molecule has 2 N–H and O–H groups in total. The van der Waals surface area contributed by atoms with Gasteiger partial charge in [-0.2, -0.15) is 10.2 Å². The van der Waals surface area contributed by atoms with E-state index in [1.807, 2.05) is 6.07 Å². The van der Waals surface area contributed by atoms with Crippen LogP contribution in [0.25, 0.3) is 0 Å². The number of aromatic nitrogens is 5. The molecule has 0 radical (unpaired) electrons. The molecule has 0 atom stereocenters. The summed E-state index contributed by atoms with van der Waals surface area (Å²) in [7, 11) is 0. The lowest BCUT2D eigenvalue weighted by atomic mass is 9.92. The van der Waals surface area contributed by atoms with Gasteiger partial charge in [0.1, 0.15) is 12.7 Å². The van der Waals surface area contributed by atoms with E-state index >= 15 is 0 Å². The number of H-pyrrole nitrogens is 1. The van der Waals surface area contributed by atoms with Crippen molar-refractivity contribution in [2.45, 2.75) is 52.1 Å². The lowest BCUT2D eigenvalue weighted by molar-refractivity contribution is -0.121. The van der Waals surface area contributed by atoms with Crippen LogP contribution in [0.15, 0.2) is 18.7 Å². The zero-order valence-electron chi connectivity index (χ0n) is 12.8. The number of hydrogen-bond donors (Lipinski definition) is 2. The van der Waals surface area contributed by atoms with Crippen molar-refractivity contribution in [2.75, 3.05) is 0 Å². The molecule has 0 aliphatic rings. The fraction of sp³-hybridized carbons (Fsp3) is 0.571. The van der Waals surface area contributed by atoms with E-state index in [0.29, 0.717) is 19.5 Å². The number of hydrogen-bond acceptors (Lipinski definition) is 4. The third kappa shape index (κ3) is 4.70. The molecule has 0 bridgehead atoms. The van der Waals surface area contributed by atoms with E-state index < -0.39 is 0 Å². The molecule has 2 heterocycles. The number of nitrogens with one attached hydrogen (secondary N) is 2. The van der Waals surface area contributed by atoms with Crippen molar-refractivity contribution in [3.63, 3.8) is 0 Å². The maximum atomic E-state index is 11.8. The Balaban J connectivity index is 1.70. The molecule has 7 nitrogen and oxygen atoms in total. The summed E-state index contributed by atoms with van der Waals surface area (Å²) in [6, 6.07) is 2.00. The van der Waals surface area contributed by atoms with Crippen LogP contribution in [0.3, 0.4) is 0 Å². The Labute approximate surface area is 124 Å². The maximum absolute atomic E-state index is 11.8. The van der Waals surface area contributed by atoms with Crippen LogP contribution in [0.1, 0.15) is 45.0 Å². The second kappa shape index (κ2) is 6.51. The van der Waals surface area contributed by atoms with Crippen molar-refractivity contribution < 1.29 is 4.79 Å². The Morgan fingerprint density at radius 2 is 2.24 bits per heavy atom. The molecule has 0 saturated carbocycles. The topological polar surface area (TPSA) is 88.5 Å². The predicted octanol–water partition coefficient (Wildman–Crippen LogP) is 1.40. The van der Waals surface area contributed by atoms with Crippen molar-refractivity contribution >= 4 is 5.91 Å². The normalized spacial score (nSPS) is 11.6. The first-order valence-corrected chi connectivity index (χ1v) is 7.09. The molecule has 114 valence electrons. The number of aromatic amines is 1. The van der Waals surface area contributed by atoms with Crippen molar-refractivity contribution in [3.05, 3.63) is 30.1 Å². The first kappa shape index (κ1) is 15.2. The molecule has 2 aromatic heterocycles. The smallest absolute Gasteiger partial charge is 0.220 e. The average Bonchev–Trinajstić information content (AvgIpc) is 3.06. The quantitative estimate of drug-likeness (QED) is 0.841. The second-order valence-corrected chi connectivity index (χ2v) is 6.07. The third-order valence-corrected chi connectivity index (χ3v) is 3.13. The van der Waals surface area contributed by atoms with Crippen molar-refractivity contribution in [1.82, 2.24) is 30.3 Å². The molecule has 2 rings (SSSR count). The Kier molecular flexibility index (Phi) is 4.72. The molecule has 2 aromatic rings. The van der Waals surface area contributed by atoms with Gasteiger partial charge in [0.15, 0.2) is 0 Å². The Hall–Kier alpha value is -2.18. The highest BCUT2D eigenvalue weighted by atomic mass is 16.1. The number of carbonyl (C=O) groups is 1. The van der Waals surface area contributed by atoms with Crippen LogP contribution < -0.4 is 5.32 Å². The third-order valence-electron chi connectivity index (χ3n) is 3.13. The van der Waals surface area contributed by atoms with Crippen molar-refractivity contribution in [3.8, 4) is 0 Å². The molecule has 0 aliphatic heterocycles. The van der Waals surface area contributed by atoms with E-state index in [0.717, 1.165) is 17.8 Å². The molecule has 21 heavy (non-hydrogen) atoms. The SMILES string of the molecule is CC(C)(C)c1cc(CNC(=O)CCCn2cncn2)[nH]n1. The zero-order chi connectivity index (χ0) is 15.3. The van der Waals surface area contributed by atoms with Gasteiger partial charge in [-0.3, -0.25) is 14.6 Å². The number of aryl methyl sites for hydroxylation is 1. The van der Waals surface area contributed by atoms with Gasteiger partial charge >= 0.3 is 0 Å². The average molecular weight is 290 g/mol. The Bertz CT molecular complexity index is 567. The summed E-state index contributed by atoms with van der Waals surface area (Å²) in [5, 5.41) is 14.1. The molecule has 0 fully saturated rings. The van der Waals surface area contributed by atoms with Gasteiger partial charge in [-0.15, -0.1) is 0 Å². The van der Waals surface area contributed by atoms with Crippen LogP contribution in [0, 0.1) is 0 Å². The summed E-state index contributed by atoms with van der Waals surface area (Å²) in [5.41, 5.74) is 1.93. The van der Waals surface area contributed by atoms with Gasteiger partial charge in [-0.25, -0.2) is 4.98 Å². The molecule has 0 saturated heterocycles. The van der Waals surface area contributed by atoms with E-state index in [1.165, 1.54) is 6.33 Å². The molecule has 0 spiro atoms. The highest BCUT2D eigenvalue weighted by Crippen LogP contribution is 2.20. The van der Waals surface area contributed by atoms with Crippen LogP contribution in [0.4, 0.5) is 0 Å². The molecule has 0 unspecified atom stereocenters. The summed E-state index contributed by atoms with van der Waals surface area (Å²) in [6.45, 7) is 7.50. The monoisotopic (exact) mass is 290 g/mol. The van der Waals surface area contributed by atoms with E-state index in [-0.39, 0.29) is 11.3 Å². The van der Waals surface area contributed by atoms with Crippen LogP contribution in [-0.2, 0) is 23.3 Å². The van der Waals surface area contributed by atoms with Crippen LogP contribution in [0.2, 0.25) is 0 Å². The van der Waals surface area contributed by atoms with E-state index in [4.69, 9.17) is 0 Å². The van der Waals surface area contributed by atoms with Gasteiger partial charge in [-0.1, -0.05) is 20.8 Å². The summed E-state index contributed by atoms with van der Waals surface area (Å²) < 4.78 is 1.72. The van der Waals surface area contributed by atoms with E-state index in [2.05, 4.69) is 46.4 Å². The molecular formula is C14H22N6O. The number of amides is 1. The van der Waals surface area contributed by atoms with Crippen LogP contribution in [0.5, 0.6) is 0 Å². The summed E-state index contributed by atoms with van der Waals surface area (Å²) >= 11 is 0. The van der Waals surface area contributed by atoms with E-state index in [1.54, 1.807) is 11.0 Å². The standard InChI is InChI=1S/C14H22N6O/c1-14(2,3)12-7-11(18-19-12)8-16-13(21)5-4-6-20-10-15-9-17-20/h7,9-10H,4-6,8H2,1-3H3,(H,16,21)(H,18,19). The molecule has 7 heteroatoms. The van der Waals surface area contributed by atoms with Crippen molar-refractivity contribution in [2.24, 2.45) is 0 Å². The van der Waals surface area contributed by atoms with Gasteiger partial charge in [0.2, 0.25) is 5.91 Å². The molecular weight excluding hydrogens is 268 g/mol. The summed E-state index contributed by atoms with van der Waals surface area (Å²) in [4.78, 5) is 15.6. The lowest BCUT2D eigenvalue weighted by Crippen LogP contribution is -2.23. The number of carbonyl (C=O) groups excluding carboxylic acids is 1. The Morgan fingerprint density at radius 1 is 1.43 bits per heavy atom. The first-order valence-electron chi connectivity index (χ1n) is 7.09. The van der Waals surface area contributed by atoms with Gasteiger partial charge < -0.3 is 5.32 Å². The fourth-order valence-electron chi connectivity index (χ4n) is 1.87. The predicted molar refractivity (Wildman–Crippen MR) is 78.4 cm³/mol. The molecule has 0 aromatic carbocycles. The van der Waals surface area contributed by atoms with Gasteiger partial charge in [0.05, 0.1) is 17.9 Å². The summed E-state index contributed by atoms with van der Waals surface area (Å²) in [5.74, 6) is 0.0297. The first-order chi connectivity index (χ1) is 9.95. The minimum Gasteiger partial charge on any atom is -0.350 e. The number of rotatable bonds is 6. The maximum Gasteiger partial charge on any atom is 0.220 e. The fourth-order valence-corrected chi connectivity index (χ4v) is 1.87. The lowest BCUT2D eigenvalue weighted by Gasteiger charge is -2.13. The Morgan fingerprint density at radius 3 is 2.86 bits per heavy atom. The minimum absolute atomic E-state index is 0.0105. The minimum atomic E-state index is 0.0105. The second-order valence-electron chi connectivity index (χ2n) is 6.07. The van der Waals surface area contributed by atoms with Gasteiger partial charge in [0, 0.05) is 18.4 Å². The zero-order valence-corrected chi connectivity index (χ0v) is 12.8. The number of nitrogens with zero attached hydrogens (tertiary/aromatic N) is 4. The van der Waals surface area contributed by atoms with Gasteiger partial charge in [0.25, 0.3) is 0 Å². The van der Waals surface area contributed by atoms with Crippen molar-refractivity contribution in [1.29, 1.82) is 0 Å². The van der Waals surface area contributed by atoms with Gasteiger partial charge in [-0.05, 0) is 12.5 Å². The molecule has 1 amide bonds. The molecule has 0 aliphatic carbocycles. The highest BCUT2D eigenvalue weighted by Gasteiger charge is 2.17. The van der Waals surface area contributed by atoms with E-state index in [9.17, 15) is 4.79 Å². The largest absolute Gasteiger partial charge is 0.350 e.